The zero-order valence-electron chi connectivity index (χ0n) is 13.8. The van der Waals surface area contributed by atoms with Gasteiger partial charge < -0.3 is 14.2 Å². The third kappa shape index (κ3) is 2.89. The molecular weight excluding hydrogens is 282 g/mol. The number of nitrogens with zero attached hydrogens (tertiary/aromatic N) is 3. The van der Waals surface area contributed by atoms with Crippen LogP contribution < -0.4 is 0 Å². The second-order valence-corrected chi connectivity index (χ2v) is 7.22. The zero-order chi connectivity index (χ0) is 15.9. The maximum atomic E-state index is 12.4. The number of aryl methyl sites for hydroxylation is 1. The van der Waals surface area contributed by atoms with Gasteiger partial charge in [0.15, 0.2) is 5.82 Å². The third-order valence-electron chi connectivity index (χ3n) is 4.86. The molecule has 2 fully saturated rings. The molecule has 2 aliphatic rings. The van der Waals surface area contributed by atoms with Crippen molar-refractivity contribution in [2.45, 2.75) is 58.6 Å². The molecule has 1 saturated carbocycles. The lowest BCUT2D eigenvalue weighted by atomic mass is 9.72. The summed E-state index contributed by atoms with van der Waals surface area (Å²) in [6, 6.07) is 0.423. The number of aromatic nitrogens is 2. The minimum absolute atomic E-state index is 0.191. The van der Waals surface area contributed by atoms with Crippen molar-refractivity contribution >= 4 is 5.91 Å². The lowest BCUT2D eigenvalue weighted by molar-refractivity contribution is -0.153. The van der Waals surface area contributed by atoms with Crippen LogP contribution in [0.1, 0.15) is 57.9 Å². The van der Waals surface area contributed by atoms with Crippen LogP contribution in [0.5, 0.6) is 0 Å². The number of amides is 1. The number of hydrogen-bond acceptors (Lipinski definition) is 5. The van der Waals surface area contributed by atoms with E-state index in [1.165, 1.54) is 12.8 Å². The van der Waals surface area contributed by atoms with Crippen LogP contribution in [-0.2, 0) is 16.0 Å². The number of carbonyl (C=O) groups is 1. The van der Waals surface area contributed by atoms with E-state index in [0.717, 1.165) is 6.54 Å². The van der Waals surface area contributed by atoms with Crippen molar-refractivity contribution in [2.75, 3.05) is 13.7 Å². The molecule has 0 N–H and O–H groups in total. The molecule has 1 aromatic rings. The molecule has 1 saturated heterocycles. The summed E-state index contributed by atoms with van der Waals surface area (Å²) < 4.78 is 10.3. The van der Waals surface area contributed by atoms with Gasteiger partial charge in [0, 0.05) is 38.0 Å². The lowest BCUT2D eigenvalue weighted by Crippen LogP contribution is -2.64. The molecule has 0 spiro atoms. The van der Waals surface area contributed by atoms with E-state index in [1.807, 2.05) is 11.8 Å². The highest BCUT2D eigenvalue weighted by molar-refractivity contribution is 5.78. The molecule has 1 amide bonds. The Hall–Kier alpha value is -1.43. The normalized spacial score (nSPS) is 24.9. The topological polar surface area (TPSA) is 68.5 Å². The maximum Gasteiger partial charge on any atom is 0.227 e. The predicted octanol–water partition coefficient (Wildman–Crippen LogP) is 2.36. The van der Waals surface area contributed by atoms with Crippen LogP contribution in [-0.4, -0.2) is 40.6 Å². The smallest absolute Gasteiger partial charge is 0.227 e. The third-order valence-corrected chi connectivity index (χ3v) is 4.86. The number of methoxy groups -OCH3 is 1. The molecular formula is C16H25N3O3. The first-order chi connectivity index (χ1) is 10.4. The molecule has 0 radical (unpaired) electrons. The largest absolute Gasteiger partial charge is 0.374 e. The van der Waals surface area contributed by atoms with E-state index in [-0.39, 0.29) is 17.4 Å². The Labute approximate surface area is 131 Å². The van der Waals surface area contributed by atoms with E-state index in [9.17, 15) is 4.79 Å². The van der Waals surface area contributed by atoms with Crippen molar-refractivity contribution in [3.63, 3.8) is 0 Å². The summed E-state index contributed by atoms with van der Waals surface area (Å²) in [5, 5.41) is 3.88. The van der Waals surface area contributed by atoms with Crippen LogP contribution in [0.2, 0.25) is 0 Å². The fourth-order valence-corrected chi connectivity index (χ4v) is 3.49. The Balaban J connectivity index is 1.53. The van der Waals surface area contributed by atoms with E-state index in [1.54, 1.807) is 7.11 Å². The molecule has 122 valence electrons. The minimum atomic E-state index is -0.191. The van der Waals surface area contributed by atoms with Gasteiger partial charge in [0.2, 0.25) is 11.8 Å². The summed E-state index contributed by atoms with van der Waals surface area (Å²) in [6.07, 6.45) is 3.27. The first kappa shape index (κ1) is 15.5. The highest BCUT2D eigenvalue weighted by Gasteiger charge is 2.54. The van der Waals surface area contributed by atoms with Crippen LogP contribution in [0, 0.1) is 11.3 Å². The molecule has 3 rings (SSSR count). The van der Waals surface area contributed by atoms with Crippen LogP contribution in [0.4, 0.5) is 0 Å². The van der Waals surface area contributed by atoms with E-state index in [2.05, 4.69) is 24.0 Å². The Kier molecular flexibility index (Phi) is 3.97. The zero-order valence-corrected chi connectivity index (χ0v) is 13.8. The van der Waals surface area contributed by atoms with Crippen molar-refractivity contribution in [1.82, 2.24) is 15.0 Å². The molecule has 2 unspecified atom stereocenters. The fourth-order valence-electron chi connectivity index (χ4n) is 3.49. The number of hydrogen-bond donors (Lipinski definition) is 0. The van der Waals surface area contributed by atoms with E-state index in [4.69, 9.17) is 9.26 Å². The van der Waals surface area contributed by atoms with Crippen molar-refractivity contribution in [3.8, 4) is 0 Å². The molecule has 0 bridgehead atoms. The second-order valence-electron chi connectivity index (χ2n) is 7.22. The first-order valence-corrected chi connectivity index (χ1v) is 8.07. The van der Waals surface area contributed by atoms with E-state index < -0.39 is 0 Å². The molecule has 1 aliphatic carbocycles. The van der Waals surface area contributed by atoms with Crippen molar-refractivity contribution < 1.29 is 14.1 Å². The van der Waals surface area contributed by atoms with Crippen LogP contribution in [0.15, 0.2) is 4.52 Å². The molecule has 6 heteroatoms. The molecule has 1 aliphatic heterocycles. The average Bonchev–Trinajstić information content (AvgIpc) is 3.16. The average molecular weight is 307 g/mol. The highest BCUT2D eigenvalue weighted by atomic mass is 16.5. The summed E-state index contributed by atoms with van der Waals surface area (Å²) >= 11 is 0. The summed E-state index contributed by atoms with van der Waals surface area (Å²) in [5.74, 6) is 1.96. The summed E-state index contributed by atoms with van der Waals surface area (Å²) in [7, 11) is 1.61. The Morgan fingerprint density at radius 2 is 2.23 bits per heavy atom. The monoisotopic (exact) mass is 307 g/mol. The molecule has 0 aromatic carbocycles. The maximum absolute atomic E-state index is 12.4. The van der Waals surface area contributed by atoms with Gasteiger partial charge in [-0.1, -0.05) is 19.0 Å². The van der Waals surface area contributed by atoms with Gasteiger partial charge in [0.05, 0.1) is 0 Å². The van der Waals surface area contributed by atoms with Crippen molar-refractivity contribution in [2.24, 2.45) is 11.3 Å². The van der Waals surface area contributed by atoms with Gasteiger partial charge in [-0.2, -0.15) is 4.98 Å². The summed E-state index contributed by atoms with van der Waals surface area (Å²) in [4.78, 5) is 18.8. The Morgan fingerprint density at radius 3 is 2.82 bits per heavy atom. The highest BCUT2D eigenvalue weighted by Crippen LogP contribution is 2.50. The van der Waals surface area contributed by atoms with Crippen molar-refractivity contribution in [3.05, 3.63) is 11.7 Å². The molecule has 2 heterocycles. The van der Waals surface area contributed by atoms with E-state index in [0.29, 0.717) is 36.5 Å². The number of carbonyl (C=O) groups excluding carboxylic acids is 1. The summed E-state index contributed by atoms with van der Waals surface area (Å²) in [5.41, 5.74) is 0.266. The van der Waals surface area contributed by atoms with Crippen LogP contribution in [0.25, 0.3) is 0 Å². The SMILES string of the molecule is COC(C)c1noc(CCC(=O)N2CC(C)(C)C2C2CC2)n1. The fraction of sp³-hybridized carbons (Fsp3) is 0.812. The van der Waals surface area contributed by atoms with Crippen LogP contribution >= 0.6 is 0 Å². The van der Waals surface area contributed by atoms with Gasteiger partial charge in [-0.05, 0) is 25.7 Å². The Morgan fingerprint density at radius 1 is 1.50 bits per heavy atom. The standard InChI is InChI=1S/C16H25N3O3/c1-10(21-4)15-17-12(22-18-15)7-8-13(20)19-9-16(2,3)14(19)11-5-6-11/h10-11,14H,5-9H2,1-4H3. The van der Waals surface area contributed by atoms with Gasteiger partial charge in [-0.15, -0.1) is 0 Å². The summed E-state index contributed by atoms with van der Waals surface area (Å²) in [6.45, 7) is 7.25. The lowest BCUT2D eigenvalue weighted by Gasteiger charge is -2.55. The van der Waals surface area contributed by atoms with Gasteiger partial charge in [-0.3, -0.25) is 4.79 Å². The number of rotatable bonds is 6. The number of likely N-dealkylation sites (tertiary alicyclic amines) is 1. The number of ether oxygens (including phenoxy) is 1. The molecule has 6 nitrogen and oxygen atoms in total. The minimum Gasteiger partial charge on any atom is -0.374 e. The van der Waals surface area contributed by atoms with Gasteiger partial charge in [0.25, 0.3) is 0 Å². The quantitative estimate of drug-likeness (QED) is 0.807. The first-order valence-electron chi connectivity index (χ1n) is 8.07. The second kappa shape index (κ2) is 5.65. The van der Waals surface area contributed by atoms with Crippen molar-refractivity contribution in [1.29, 1.82) is 0 Å². The van der Waals surface area contributed by atoms with Gasteiger partial charge >= 0.3 is 0 Å². The molecule has 22 heavy (non-hydrogen) atoms. The molecule has 2 atom stereocenters. The predicted molar refractivity (Wildman–Crippen MR) is 80.0 cm³/mol. The Bertz CT molecular complexity index is 551. The molecule has 1 aromatic heterocycles. The van der Waals surface area contributed by atoms with Gasteiger partial charge in [0.1, 0.15) is 6.10 Å². The van der Waals surface area contributed by atoms with E-state index >= 15 is 0 Å². The van der Waals surface area contributed by atoms with Gasteiger partial charge in [-0.25, -0.2) is 0 Å². The van der Waals surface area contributed by atoms with Crippen LogP contribution in [0.3, 0.4) is 0 Å².